The van der Waals surface area contributed by atoms with E-state index in [4.69, 9.17) is 10.5 Å². The quantitative estimate of drug-likeness (QED) is 0.898. The van der Waals surface area contributed by atoms with Crippen molar-refractivity contribution < 1.29 is 0 Å². The Hall–Kier alpha value is -2.62. The lowest BCUT2D eigenvalue weighted by Gasteiger charge is -2.16. The largest absolute Gasteiger partial charge is 0.305 e. The van der Waals surface area contributed by atoms with Crippen molar-refractivity contribution in [3.63, 3.8) is 0 Å². The van der Waals surface area contributed by atoms with E-state index in [1.54, 1.807) is 12.1 Å². The van der Waals surface area contributed by atoms with Crippen molar-refractivity contribution in [1.82, 2.24) is 5.32 Å². The zero-order valence-corrected chi connectivity index (χ0v) is 11.1. The van der Waals surface area contributed by atoms with Gasteiger partial charge in [-0.15, -0.1) is 0 Å². The molecule has 0 saturated heterocycles. The Balaban J connectivity index is 2.02. The minimum atomic E-state index is 0.0249. The SMILES string of the molecule is N#CCC(NCc1ccc(C#N)cc1)c1ccccc1. The van der Waals surface area contributed by atoms with Gasteiger partial charge in [0.2, 0.25) is 0 Å². The zero-order chi connectivity index (χ0) is 14.2. The number of rotatable bonds is 5. The molecule has 0 aliphatic carbocycles. The molecule has 3 nitrogen and oxygen atoms in total. The van der Waals surface area contributed by atoms with Crippen molar-refractivity contribution >= 4 is 0 Å². The standard InChI is InChI=1S/C17H15N3/c18-11-10-17(16-4-2-1-3-5-16)20-13-15-8-6-14(12-19)7-9-15/h1-9,17,20H,10,13H2. The third-order valence-corrected chi connectivity index (χ3v) is 3.13. The Labute approximate surface area is 119 Å². The topological polar surface area (TPSA) is 59.6 Å². The highest BCUT2D eigenvalue weighted by Crippen LogP contribution is 2.16. The molecule has 98 valence electrons. The van der Waals surface area contributed by atoms with E-state index in [-0.39, 0.29) is 6.04 Å². The molecule has 0 saturated carbocycles. The van der Waals surface area contributed by atoms with Crippen molar-refractivity contribution in [2.45, 2.75) is 19.0 Å². The summed E-state index contributed by atoms with van der Waals surface area (Å²) < 4.78 is 0. The maximum absolute atomic E-state index is 8.94. The molecule has 0 aromatic heterocycles. The number of nitriles is 2. The molecular weight excluding hydrogens is 246 g/mol. The van der Waals surface area contributed by atoms with Crippen LogP contribution in [0.3, 0.4) is 0 Å². The van der Waals surface area contributed by atoms with Crippen molar-refractivity contribution in [3.05, 3.63) is 71.3 Å². The highest BCUT2D eigenvalue weighted by Gasteiger charge is 2.09. The number of nitrogens with zero attached hydrogens (tertiary/aromatic N) is 2. The first-order chi connectivity index (χ1) is 9.83. The van der Waals surface area contributed by atoms with Crippen LogP contribution in [-0.2, 0) is 6.54 Å². The predicted octanol–water partition coefficient (Wildman–Crippen LogP) is 3.30. The first kappa shape index (κ1) is 13.8. The van der Waals surface area contributed by atoms with Crippen LogP contribution in [-0.4, -0.2) is 0 Å². The van der Waals surface area contributed by atoms with Gasteiger partial charge in [-0.3, -0.25) is 0 Å². The lowest BCUT2D eigenvalue weighted by atomic mass is 10.0. The molecule has 0 spiro atoms. The van der Waals surface area contributed by atoms with Gasteiger partial charge in [-0.2, -0.15) is 10.5 Å². The Morgan fingerprint density at radius 2 is 1.65 bits per heavy atom. The predicted molar refractivity (Wildman–Crippen MR) is 77.4 cm³/mol. The van der Waals surface area contributed by atoms with E-state index < -0.39 is 0 Å². The minimum Gasteiger partial charge on any atom is -0.305 e. The fourth-order valence-corrected chi connectivity index (χ4v) is 2.02. The van der Waals surface area contributed by atoms with Gasteiger partial charge in [-0.05, 0) is 23.3 Å². The summed E-state index contributed by atoms with van der Waals surface area (Å²) in [5, 5.41) is 21.1. The van der Waals surface area contributed by atoms with Gasteiger partial charge in [0.25, 0.3) is 0 Å². The van der Waals surface area contributed by atoms with E-state index in [1.807, 2.05) is 42.5 Å². The van der Waals surface area contributed by atoms with Crippen LogP contribution in [0.2, 0.25) is 0 Å². The average molecular weight is 261 g/mol. The average Bonchev–Trinajstić information content (AvgIpc) is 2.53. The summed E-state index contributed by atoms with van der Waals surface area (Å²) in [6.45, 7) is 0.674. The second kappa shape index (κ2) is 7.09. The van der Waals surface area contributed by atoms with E-state index in [2.05, 4.69) is 17.5 Å². The second-order valence-corrected chi connectivity index (χ2v) is 4.52. The first-order valence-corrected chi connectivity index (χ1v) is 6.48. The molecule has 20 heavy (non-hydrogen) atoms. The van der Waals surface area contributed by atoms with Gasteiger partial charge in [-0.1, -0.05) is 42.5 Å². The van der Waals surface area contributed by atoms with Crippen LogP contribution in [0.4, 0.5) is 0 Å². The van der Waals surface area contributed by atoms with Gasteiger partial charge in [0.05, 0.1) is 24.1 Å². The van der Waals surface area contributed by atoms with Gasteiger partial charge in [-0.25, -0.2) is 0 Å². The van der Waals surface area contributed by atoms with Crippen molar-refractivity contribution in [3.8, 4) is 12.1 Å². The van der Waals surface area contributed by atoms with E-state index in [9.17, 15) is 0 Å². The molecular formula is C17H15N3. The molecule has 2 rings (SSSR count). The molecule has 0 aliphatic heterocycles. The van der Waals surface area contributed by atoms with Gasteiger partial charge >= 0.3 is 0 Å². The molecule has 3 heteroatoms. The molecule has 0 amide bonds. The molecule has 1 unspecified atom stereocenters. The summed E-state index contributed by atoms with van der Waals surface area (Å²) in [5.74, 6) is 0. The maximum Gasteiger partial charge on any atom is 0.0991 e. The van der Waals surface area contributed by atoms with E-state index in [1.165, 1.54) is 0 Å². The Morgan fingerprint density at radius 3 is 2.25 bits per heavy atom. The Morgan fingerprint density at radius 1 is 0.950 bits per heavy atom. The molecule has 2 aromatic rings. The molecule has 1 atom stereocenters. The Bertz CT molecular complexity index is 618. The number of hydrogen-bond donors (Lipinski definition) is 1. The van der Waals surface area contributed by atoms with Gasteiger partial charge in [0, 0.05) is 12.6 Å². The van der Waals surface area contributed by atoms with Crippen LogP contribution in [0.1, 0.15) is 29.2 Å². The molecule has 2 aromatic carbocycles. The number of nitrogens with one attached hydrogen (secondary N) is 1. The van der Waals surface area contributed by atoms with Crippen molar-refractivity contribution in [1.29, 1.82) is 10.5 Å². The summed E-state index contributed by atoms with van der Waals surface area (Å²) in [4.78, 5) is 0. The van der Waals surface area contributed by atoms with E-state index >= 15 is 0 Å². The van der Waals surface area contributed by atoms with Gasteiger partial charge in [0.15, 0.2) is 0 Å². The summed E-state index contributed by atoms with van der Waals surface area (Å²) in [6, 6.07) is 21.8. The van der Waals surface area contributed by atoms with Crippen LogP contribution in [0.5, 0.6) is 0 Å². The van der Waals surface area contributed by atoms with E-state index in [0.717, 1.165) is 11.1 Å². The summed E-state index contributed by atoms with van der Waals surface area (Å²) in [7, 11) is 0. The van der Waals surface area contributed by atoms with Crippen LogP contribution in [0.25, 0.3) is 0 Å². The van der Waals surface area contributed by atoms with Gasteiger partial charge < -0.3 is 5.32 Å². The van der Waals surface area contributed by atoms with E-state index in [0.29, 0.717) is 18.5 Å². The number of benzene rings is 2. The monoisotopic (exact) mass is 261 g/mol. The normalized spacial score (nSPS) is 11.3. The highest BCUT2D eigenvalue weighted by atomic mass is 14.9. The number of hydrogen-bond acceptors (Lipinski definition) is 3. The molecule has 0 aliphatic rings. The van der Waals surface area contributed by atoms with Crippen LogP contribution < -0.4 is 5.32 Å². The van der Waals surface area contributed by atoms with Crippen molar-refractivity contribution in [2.24, 2.45) is 0 Å². The lowest BCUT2D eigenvalue weighted by Crippen LogP contribution is -2.20. The maximum atomic E-state index is 8.94. The molecule has 0 heterocycles. The highest BCUT2D eigenvalue weighted by molar-refractivity contribution is 5.31. The first-order valence-electron chi connectivity index (χ1n) is 6.48. The summed E-state index contributed by atoms with van der Waals surface area (Å²) >= 11 is 0. The fourth-order valence-electron chi connectivity index (χ4n) is 2.02. The molecule has 0 radical (unpaired) electrons. The van der Waals surface area contributed by atoms with Crippen LogP contribution in [0, 0.1) is 22.7 Å². The molecule has 1 N–H and O–H groups in total. The third-order valence-electron chi connectivity index (χ3n) is 3.13. The molecule has 0 bridgehead atoms. The van der Waals surface area contributed by atoms with Gasteiger partial charge in [0.1, 0.15) is 0 Å². The summed E-state index contributed by atoms with van der Waals surface area (Å²) in [5.41, 5.74) is 2.87. The molecule has 0 fully saturated rings. The third kappa shape index (κ3) is 3.68. The lowest BCUT2D eigenvalue weighted by molar-refractivity contribution is 0.542. The second-order valence-electron chi connectivity index (χ2n) is 4.52. The Kier molecular flexibility index (Phi) is 4.89. The smallest absolute Gasteiger partial charge is 0.0991 e. The van der Waals surface area contributed by atoms with Crippen LogP contribution >= 0.6 is 0 Å². The minimum absolute atomic E-state index is 0.0249. The van der Waals surface area contributed by atoms with Crippen LogP contribution in [0.15, 0.2) is 54.6 Å². The fraction of sp³-hybridized carbons (Fsp3) is 0.176. The summed E-state index contributed by atoms with van der Waals surface area (Å²) in [6.07, 6.45) is 0.431. The van der Waals surface area contributed by atoms with Crippen molar-refractivity contribution in [2.75, 3.05) is 0 Å². The zero-order valence-electron chi connectivity index (χ0n) is 11.1.